The fraction of sp³-hybridized carbons (Fsp3) is 0.290. The van der Waals surface area contributed by atoms with Crippen LogP contribution in [0.25, 0.3) is 16.9 Å². The summed E-state index contributed by atoms with van der Waals surface area (Å²) < 4.78 is 6.32. The molecule has 1 aliphatic rings. The lowest BCUT2D eigenvalue weighted by Crippen LogP contribution is -2.30. The van der Waals surface area contributed by atoms with Crippen molar-refractivity contribution in [2.24, 2.45) is 5.92 Å². The summed E-state index contributed by atoms with van der Waals surface area (Å²) in [5.74, 6) is -0.194. The molecule has 3 aromatic heterocycles. The van der Waals surface area contributed by atoms with Crippen LogP contribution in [0.2, 0.25) is 5.02 Å². The van der Waals surface area contributed by atoms with Gasteiger partial charge in [0.2, 0.25) is 5.91 Å². The maximum absolute atomic E-state index is 13.8. The first-order chi connectivity index (χ1) is 20.6. The molecule has 0 fully saturated rings. The van der Waals surface area contributed by atoms with Crippen LogP contribution in [0, 0.1) is 19.8 Å². The van der Waals surface area contributed by atoms with Crippen molar-refractivity contribution < 1.29 is 19.1 Å². The Bertz CT molecular complexity index is 1700. The number of nitrogens with one attached hydrogen (secondary N) is 3. The molecule has 12 heteroatoms. The van der Waals surface area contributed by atoms with Gasteiger partial charge in [-0.25, -0.2) is 14.5 Å². The molecule has 3 N–H and O–H groups in total. The number of nitrogens with zero attached hydrogens (tertiary/aromatic N) is 4. The van der Waals surface area contributed by atoms with Gasteiger partial charge in [0.25, 0.3) is 5.91 Å². The van der Waals surface area contributed by atoms with Crippen LogP contribution in [0.1, 0.15) is 59.7 Å². The molecule has 2 bridgehead atoms. The Hall–Kier alpha value is -4.77. The van der Waals surface area contributed by atoms with Crippen molar-refractivity contribution in [3.05, 3.63) is 82.5 Å². The zero-order chi connectivity index (χ0) is 30.7. The molecular weight excluding hydrogens is 570 g/mol. The van der Waals surface area contributed by atoms with Gasteiger partial charge >= 0.3 is 6.09 Å². The highest BCUT2D eigenvalue weighted by Gasteiger charge is 2.26. The van der Waals surface area contributed by atoms with Crippen molar-refractivity contribution in [2.75, 3.05) is 17.7 Å². The third kappa shape index (κ3) is 6.51. The van der Waals surface area contributed by atoms with Crippen LogP contribution in [-0.2, 0) is 9.53 Å². The van der Waals surface area contributed by atoms with Gasteiger partial charge in [-0.1, -0.05) is 31.0 Å². The van der Waals surface area contributed by atoms with E-state index in [0.717, 1.165) is 11.1 Å². The maximum atomic E-state index is 13.8. The first-order valence-electron chi connectivity index (χ1n) is 13.9. The number of carbonyl (C=O) groups excluding carboxylic acids is 3. The second kappa shape index (κ2) is 12.6. The number of aryl methyl sites for hydroxylation is 1. The van der Waals surface area contributed by atoms with Crippen LogP contribution < -0.4 is 16.0 Å². The standard InChI is InChI=1S/C31H32ClN7O4/c1-17-6-5-7-24(36-30(41)28-18(2)38-39(19(28)3)27-15-21(32)11-13-34-27)26-14-20(10-12-33-26)23-9-8-22(35-31(42)43-4)16-25(23)37-29(17)40/h8-17,24H,5-7H2,1-4H3,(H,35,42)(H,36,41)(H,37,40)/t17-,24+/m1/s1. The van der Waals surface area contributed by atoms with Gasteiger partial charge in [0.15, 0.2) is 5.82 Å². The Morgan fingerprint density at radius 2 is 1.86 bits per heavy atom. The third-order valence-corrected chi connectivity index (χ3v) is 7.72. The number of benzene rings is 1. The quantitative estimate of drug-likeness (QED) is 0.260. The van der Waals surface area contributed by atoms with Gasteiger partial charge in [0.1, 0.15) is 0 Å². The van der Waals surface area contributed by atoms with Crippen LogP contribution in [0.5, 0.6) is 0 Å². The number of aromatic nitrogens is 4. The van der Waals surface area contributed by atoms with E-state index in [2.05, 4.69) is 31.0 Å². The third-order valence-electron chi connectivity index (χ3n) is 7.48. The molecule has 1 aliphatic heterocycles. The summed E-state index contributed by atoms with van der Waals surface area (Å²) in [6.07, 6.45) is 4.51. The zero-order valence-corrected chi connectivity index (χ0v) is 25.0. The van der Waals surface area contributed by atoms with Gasteiger partial charge in [0.05, 0.1) is 41.5 Å². The predicted octanol–water partition coefficient (Wildman–Crippen LogP) is 6.01. The van der Waals surface area contributed by atoms with E-state index in [1.165, 1.54) is 7.11 Å². The predicted molar refractivity (Wildman–Crippen MR) is 163 cm³/mol. The van der Waals surface area contributed by atoms with Crippen molar-refractivity contribution in [1.29, 1.82) is 0 Å². The molecular formula is C31H32ClN7O4. The van der Waals surface area contributed by atoms with E-state index in [1.807, 2.05) is 32.0 Å². The van der Waals surface area contributed by atoms with Crippen LogP contribution in [0.15, 0.2) is 54.9 Å². The molecule has 222 valence electrons. The van der Waals surface area contributed by atoms with Crippen LogP contribution in [0.3, 0.4) is 0 Å². The van der Waals surface area contributed by atoms with E-state index >= 15 is 0 Å². The van der Waals surface area contributed by atoms with Gasteiger partial charge in [-0.2, -0.15) is 5.10 Å². The number of amides is 3. The molecule has 11 nitrogen and oxygen atoms in total. The summed E-state index contributed by atoms with van der Waals surface area (Å²) in [6, 6.07) is 11.9. The highest BCUT2D eigenvalue weighted by atomic mass is 35.5. The van der Waals surface area contributed by atoms with Crippen LogP contribution >= 0.6 is 11.6 Å². The van der Waals surface area contributed by atoms with E-state index in [9.17, 15) is 14.4 Å². The number of carbonyl (C=O) groups is 3. The molecule has 0 spiro atoms. The Labute approximate surface area is 254 Å². The first kappa shape index (κ1) is 29.7. The Kier molecular flexibility index (Phi) is 8.72. The van der Waals surface area contributed by atoms with E-state index in [0.29, 0.717) is 64.1 Å². The van der Waals surface area contributed by atoms with Gasteiger partial charge in [-0.15, -0.1) is 0 Å². The molecule has 4 heterocycles. The molecule has 0 saturated heterocycles. The number of hydrogen-bond acceptors (Lipinski definition) is 7. The van der Waals surface area contributed by atoms with E-state index < -0.39 is 12.1 Å². The van der Waals surface area contributed by atoms with Crippen LogP contribution in [-0.4, -0.2) is 44.8 Å². The zero-order valence-electron chi connectivity index (χ0n) is 24.3. The molecule has 0 radical (unpaired) electrons. The molecule has 4 aromatic rings. The SMILES string of the molecule is COC(=O)Nc1ccc2c(c1)NC(=O)[C@H](C)CCC[C@H](NC(=O)c1c(C)nn(-c3cc(Cl)ccn3)c1C)c1cc-2ccn1. The number of fused-ring (bicyclic) bond motifs is 4. The van der Waals surface area contributed by atoms with E-state index in [-0.39, 0.29) is 17.7 Å². The van der Waals surface area contributed by atoms with Crippen molar-refractivity contribution in [3.8, 4) is 16.9 Å². The van der Waals surface area contributed by atoms with Crippen molar-refractivity contribution >= 4 is 40.9 Å². The number of anilines is 2. The summed E-state index contributed by atoms with van der Waals surface area (Å²) >= 11 is 6.16. The first-order valence-corrected chi connectivity index (χ1v) is 14.3. The van der Waals surface area contributed by atoms with E-state index in [1.54, 1.807) is 48.3 Å². The summed E-state index contributed by atoms with van der Waals surface area (Å²) in [6.45, 7) is 5.47. The number of pyridine rings is 2. The lowest BCUT2D eigenvalue weighted by molar-refractivity contribution is -0.119. The topological polar surface area (TPSA) is 140 Å². The smallest absolute Gasteiger partial charge is 0.411 e. The second-order valence-electron chi connectivity index (χ2n) is 10.5. The fourth-order valence-electron chi connectivity index (χ4n) is 5.20. The summed E-state index contributed by atoms with van der Waals surface area (Å²) in [7, 11) is 1.28. The van der Waals surface area contributed by atoms with Crippen molar-refractivity contribution in [2.45, 2.75) is 46.1 Å². The lowest BCUT2D eigenvalue weighted by Gasteiger charge is -2.22. The summed E-state index contributed by atoms with van der Waals surface area (Å²) in [5.41, 5.74) is 4.89. The molecule has 0 aliphatic carbocycles. The summed E-state index contributed by atoms with van der Waals surface area (Å²) in [4.78, 5) is 47.7. The van der Waals surface area contributed by atoms with Crippen molar-refractivity contribution in [3.63, 3.8) is 0 Å². The Balaban J connectivity index is 1.50. The average molecular weight is 602 g/mol. The minimum absolute atomic E-state index is 0.139. The molecule has 2 atom stereocenters. The van der Waals surface area contributed by atoms with Crippen LogP contribution in [0.4, 0.5) is 16.2 Å². The van der Waals surface area contributed by atoms with Gasteiger partial charge in [0, 0.05) is 40.7 Å². The Morgan fingerprint density at radius 1 is 1.07 bits per heavy atom. The molecule has 43 heavy (non-hydrogen) atoms. The monoisotopic (exact) mass is 601 g/mol. The minimum Gasteiger partial charge on any atom is -0.453 e. The summed E-state index contributed by atoms with van der Waals surface area (Å²) in [5, 5.41) is 13.9. The number of methoxy groups -OCH3 is 1. The number of halogens is 1. The molecule has 0 unspecified atom stereocenters. The van der Waals surface area contributed by atoms with Crippen molar-refractivity contribution in [1.82, 2.24) is 25.1 Å². The molecule has 3 amide bonds. The van der Waals surface area contributed by atoms with E-state index in [4.69, 9.17) is 16.3 Å². The highest BCUT2D eigenvalue weighted by molar-refractivity contribution is 6.30. The number of hydrogen-bond donors (Lipinski definition) is 3. The highest BCUT2D eigenvalue weighted by Crippen LogP contribution is 2.34. The normalized spacial score (nSPS) is 16.6. The fourth-order valence-corrected chi connectivity index (χ4v) is 5.35. The van der Waals surface area contributed by atoms with Gasteiger partial charge < -0.3 is 15.4 Å². The lowest BCUT2D eigenvalue weighted by atomic mass is 9.95. The van der Waals surface area contributed by atoms with Gasteiger partial charge in [-0.3, -0.25) is 19.9 Å². The largest absolute Gasteiger partial charge is 0.453 e. The molecule has 5 rings (SSSR count). The molecule has 1 aromatic carbocycles. The Morgan fingerprint density at radius 3 is 2.63 bits per heavy atom. The average Bonchev–Trinajstić information content (AvgIpc) is 3.29. The minimum atomic E-state index is -0.613. The number of ether oxygens (including phenoxy) is 1. The second-order valence-corrected chi connectivity index (χ2v) is 10.9. The number of rotatable bonds is 4. The molecule has 0 saturated carbocycles. The van der Waals surface area contributed by atoms with Gasteiger partial charge in [-0.05, 0) is 62.6 Å². The maximum Gasteiger partial charge on any atom is 0.411 e.